The highest BCUT2D eigenvalue weighted by molar-refractivity contribution is 5.91. The second kappa shape index (κ2) is 6.14. The number of esters is 1. The van der Waals surface area contributed by atoms with Crippen molar-refractivity contribution in [3.63, 3.8) is 0 Å². The summed E-state index contributed by atoms with van der Waals surface area (Å²) < 4.78 is 5.05. The van der Waals surface area contributed by atoms with E-state index in [1.165, 1.54) is 13.1 Å². The molecule has 0 aliphatic heterocycles. The van der Waals surface area contributed by atoms with Crippen LogP contribution in [0.5, 0.6) is 0 Å². The second-order valence-corrected chi connectivity index (χ2v) is 4.40. The van der Waals surface area contributed by atoms with Crippen molar-refractivity contribution in [2.24, 2.45) is 0 Å². The Labute approximate surface area is 107 Å². The average Bonchev–Trinajstić information content (AvgIpc) is 2.28. The molecule has 5 heteroatoms. The summed E-state index contributed by atoms with van der Waals surface area (Å²) >= 11 is 0. The molecule has 98 valence electrons. The SMILES string of the molecule is Cc1ccc(C(=O)O[C@H](C)C(=O)NC(C)C)cn1. The summed E-state index contributed by atoms with van der Waals surface area (Å²) in [5.74, 6) is -0.854. The maximum Gasteiger partial charge on any atom is 0.340 e. The number of pyridine rings is 1. The molecule has 0 saturated carbocycles. The van der Waals surface area contributed by atoms with E-state index in [9.17, 15) is 9.59 Å². The number of nitrogens with one attached hydrogen (secondary N) is 1. The number of ether oxygens (including phenoxy) is 1. The fourth-order valence-corrected chi connectivity index (χ4v) is 1.27. The number of carbonyl (C=O) groups excluding carboxylic acids is 2. The zero-order valence-corrected chi connectivity index (χ0v) is 11.1. The Morgan fingerprint density at radius 3 is 2.44 bits per heavy atom. The first kappa shape index (κ1) is 14.2. The van der Waals surface area contributed by atoms with Gasteiger partial charge in [0.2, 0.25) is 0 Å². The van der Waals surface area contributed by atoms with Crippen LogP contribution in [0.3, 0.4) is 0 Å². The maximum atomic E-state index is 11.7. The standard InChI is InChI=1S/C13H18N2O3/c1-8(2)15-12(16)10(4)18-13(17)11-6-5-9(3)14-7-11/h5-8,10H,1-4H3,(H,15,16)/t10-/m1/s1. The van der Waals surface area contributed by atoms with Crippen LogP contribution in [-0.2, 0) is 9.53 Å². The van der Waals surface area contributed by atoms with E-state index >= 15 is 0 Å². The number of rotatable bonds is 4. The third-order valence-corrected chi connectivity index (χ3v) is 2.23. The molecule has 0 aliphatic rings. The van der Waals surface area contributed by atoms with Crippen molar-refractivity contribution in [3.8, 4) is 0 Å². The highest BCUT2D eigenvalue weighted by Crippen LogP contribution is 2.04. The Balaban J connectivity index is 2.59. The molecule has 1 heterocycles. The van der Waals surface area contributed by atoms with Gasteiger partial charge in [0, 0.05) is 17.9 Å². The van der Waals surface area contributed by atoms with E-state index in [-0.39, 0.29) is 11.9 Å². The van der Waals surface area contributed by atoms with Crippen LogP contribution in [0.4, 0.5) is 0 Å². The number of amides is 1. The van der Waals surface area contributed by atoms with E-state index in [2.05, 4.69) is 10.3 Å². The molecule has 0 saturated heterocycles. The molecule has 1 aromatic rings. The first-order chi connectivity index (χ1) is 8.40. The molecule has 0 unspecified atom stereocenters. The Morgan fingerprint density at radius 2 is 1.94 bits per heavy atom. The first-order valence-electron chi connectivity index (χ1n) is 5.84. The van der Waals surface area contributed by atoms with Crippen LogP contribution in [0.1, 0.15) is 36.8 Å². The van der Waals surface area contributed by atoms with Crippen LogP contribution in [-0.4, -0.2) is 29.0 Å². The number of aryl methyl sites for hydroxylation is 1. The van der Waals surface area contributed by atoms with E-state index in [0.29, 0.717) is 5.56 Å². The lowest BCUT2D eigenvalue weighted by atomic mass is 10.2. The number of carbonyl (C=O) groups is 2. The van der Waals surface area contributed by atoms with Crippen LogP contribution in [0.15, 0.2) is 18.3 Å². The molecule has 18 heavy (non-hydrogen) atoms. The number of hydrogen-bond donors (Lipinski definition) is 1. The van der Waals surface area contributed by atoms with E-state index in [1.54, 1.807) is 12.1 Å². The van der Waals surface area contributed by atoms with Gasteiger partial charge in [-0.05, 0) is 39.8 Å². The average molecular weight is 250 g/mol. The van der Waals surface area contributed by atoms with Crippen molar-refractivity contribution in [3.05, 3.63) is 29.6 Å². The summed E-state index contributed by atoms with van der Waals surface area (Å²) in [6.45, 7) is 7.05. The quantitative estimate of drug-likeness (QED) is 0.821. The summed E-state index contributed by atoms with van der Waals surface area (Å²) in [6.07, 6.45) is 0.617. The number of aromatic nitrogens is 1. The zero-order chi connectivity index (χ0) is 13.7. The van der Waals surface area contributed by atoms with Crippen LogP contribution in [0, 0.1) is 6.92 Å². The van der Waals surface area contributed by atoms with Crippen molar-refractivity contribution in [1.82, 2.24) is 10.3 Å². The predicted octanol–water partition coefficient (Wildman–Crippen LogP) is 1.46. The van der Waals surface area contributed by atoms with Gasteiger partial charge in [0.1, 0.15) is 0 Å². The topological polar surface area (TPSA) is 68.3 Å². The lowest BCUT2D eigenvalue weighted by Crippen LogP contribution is -2.39. The molecule has 0 radical (unpaired) electrons. The summed E-state index contributed by atoms with van der Waals surface area (Å²) in [4.78, 5) is 27.3. The molecule has 5 nitrogen and oxygen atoms in total. The summed E-state index contributed by atoms with van der Waals surface area (Å²) in [5.41, 5.74) is 1.15. The fourth-order valence-electron chi connectivity index (χ4n) is 1.27. The molecule has 1 N–H and O–H groups in total. The molecule has 1 aromatic heterocycles. The van der Waals surface area contributed by atoms with Gasteiger partial charge in [-0.2, -0.15) is 0 Å². The Kier molecular flexibility index (Phi) is 4.83. The van der Waals surface area contributed by atoms with Gasteiger partial charge in [-0.3, -0.25) is 9.78 Å². The molecule has 0 bridgehead atoms. The Morgan fingerprint density at radius 1 is 1.28 bits per heavy atom. The molecule has 0 aliphatic carbocycles. The molecule has 1 rings (SSSR count). The van der Waals surface area contributed by atoms with Gasteiger partial charge in [0.15, 0.2) is 6.10 Å². The minimum absolute atomic E-state index is 0.0136. The summed E-state index contributed by atoms with van der Waals surface area (Å²) in [7, 11) is 0. The first-order valence-corrected chi connectivity index (χ1v) is 5.84. The lowest BCUT2D eigenvalue weighted by Gasteiger charge is -2.15. The van der Waals surface area contributed by atoms with Gasteiger partial charge < -0.3 is 10.1 Å². The maximum absolute atomic E-state index is 11.7. The van der Waals surface area contributed by atoms with E-state index in [1.807, 2.05) is 20.8 Å². The molecular weight excluding hydrogens is 232 g/mol. The number of nitrogens with zero attached hydrogens (tertiary/aromatic N) is 1. The van der Waals surface area contributed by atoms with Gasteiger partial charge in [0.05, 0.1) is 5.56 Å². The highest BCUT2D eigenvalue weighted by Gasteiger charge is 2.19. The largest absolute Gasteiger partial charge is 0.449 e. The molecular formula is C13H18N2O3. The van der Waals surface area contributed by atoms with Crippen molar-refractivity contribution >= 4 is 11.9 Å². The van der Waals surface area contributed by atoms with Crippen molar-refractivity contribution in [1.29, 1.82) is 0 Å². The highest BCUT2D eigenvalue weighted by atomic mass is 16.5. The molecule has 0 fully saturated rings. The summed E-state index contributed by atoms with van der Waals surface area (Å²) in [5, 5.41) is 2.68. The Hall–Kier alpha value is -1.91. The van der Waals surface area contributed by atoms with Crippen molar-refractivity contribution in [2.75, 3.05) is 0 Å². The normalized spacial score (nSPS) is 12.1. The monoisotopic (exact) mass is 250 g/mol. The van der Waals surface area contributed by atoms with Gasteiger partial charge in [0.25, 0.3) is 5.91 Å². The summed E-state index contributed by atoms with van der Waals surface area (Å²) in [6, 6.07) is 3.35. The predicted molar refractivity (Wildman–Crippen MR) is 67.1 cm³/mol. The lowest BCUT2D eigenvalue weighted by molar-refractivity contribution is -0.129. The van der Waals surface area contributed by atoms with Crippen LogP contribution < -0.4 is 5.32 Å². The van der Waals surface area contributed by atoms with Gasteiger partial charge in [-0.1, -0.05) is 0 Å². The third-order valence-electron chi connectivity index (χ3n) is 2.23. The van der Waals surface area contributed by atoms with Crippen molar-refractivity contribution in [2.45, 2.75) is 39.8 Å². The third kappa shape index (κ3) is 4.16. The van der Waals surface area contributed by atoms with Crippen molar-refractivity contribution < 1.29 is 14.3 Å². The van der Waals surface area contributed by atoms with Crippen LogP contribution in [0.25, 0.3) is 0 Å². The van der Waals surface area contributed by atoms with E-state index in [4.69, 9.17) is 4.74 Å². The Bertz CT molecular complexity index is 426. The molecule has 0 spiro atoms. The number of hydrogen-bond acceptors (Lipinski definition) is 4. The fraction of sp³-hybridized carbons (Fsp3) is 0.462. The molecule has 1 amide bonds. The minimum Gasteiger partial charge on any atom is -0.449 e. The molecule has 0 aromatic carbocycles. The van der Waals surface area contributed by atoms with Crippen LogP contribution >= 0.6 is 0 Å². The van der Waals surface area contributed by atoms with Gasteiger partial charge >= 0.3 is 5.97 Å². The molecule has 1 atom stereocenters. The van der Waals surface area contributed by atoms with Gasteiger partial charge in [-0.15, -0.1) is 0 Å². The minimum atomic E-state index is -0.818. The van der Waals surface area contributed by atoms with E-state index < -0.39 is 12.1 Å². The van der Waals surface area contributed by atoms with E-state index in [0.717, 1.165) is 5.69 Å². The van der Waals surface area contributed by atoms with Gasteiger partial charge in [-0.25, -0.2) is 4.79 Å². The smallest absolute Gasteiger partial charge is 0.340 e. The zero-order valence-electron chi connectivity index (χ0n) is 11.1. The second-order valence-electron chi connectivity index (χ2n) is 4.40. The van der Waals surface area contributed by atoms with Crippen LogP contribution in [0.2, 0.25) is 0 Å².